The maximum Gasteiger partial charge on any atom is 0.472 e. The SMILES string of the molecule is Cc1cn([C@H]2C[C@H](OP(=O)(O)OC[C@H]3O[C@@H](n4cnc5c(N)ncnc54)C[C@@H]3OP(=O)(O)OC[C@H]3O[C@@H](n4ccc(N)nc4=O)C[C@@H]3OP(=O)(O)OC[C@H]3O[C@@H](n4cnc5c(=O)[nH]c(N)nc54)C[C@@H]3O)[C@@H](COP(=O)(O)O[C@H]3C[C@H](n4cnc5c(=O)[nH]c(N)nc54)O[C@@H]3COP(=O)(O)O[C@H]3C[C@H](n4ccc(N)nc4=O)O[C@@H]3COP(=O)(O)O)O2)c(=O)[nH]c1=O. The molecule has 674 valence electrons. The fourth-order valence-corrected chi connectivity index (χ4v) is 19.3. The quantitative estimate of drug-likeness (QED) is 0.0180. The fourth-order valence-electron chi connectivity index (χ4n) is 14.2. The van der Waals surface area contributed by atoms with Crippen molar-refractivity contribution in [3.05, 3.63) is 124 Å². The molecule has 0 spiro atoms. The first-order valence-corrected chi connectivity index (χ1v) is 45.4. The highest BCUT2D eigenvalue weighted by atomic mass is 31.2. The van der Waals surface area contributed by atoms with Crippen LogP contribution in [0, 0.1) is 6.92 Å². The summed E-state index contributed by atoms with van der Waals surface area (Å²) in [5.41, 5.74) is 23.0. The van der Waals surface area contributed by atoms with E-state index in [1.165, 1.54) is 40.8 Å². The zero-order valence-corrected chi connectivity index (χ0v) is 68.6. The Labute approximate surface area is 687 Å². The Morgan fingerprint density at radius 3 is 1.11 bits per heavy atom. The topological polar surface area (TPSA) is 847 Å². The highest BCUT2D eigenvalue weighted by molar-refractivity contribution is 7.48. The second-order valence-electron chi connectivity index (χ2n) is 28.3. The minimum absolute atomic E-state index is 0.00956. The van der Waals surface area contributed by atoms with Crippen LogP contribution in [0.25, 0.3) is 33.5 Å². The summed E-state index contributed by atoms with van der Waals surface area (Å²) in [5, 5.41) is 11.0. The van der Waals surface area contributed by atoms with Crippen molar-refractivity contribution in [3.63, 3.8) is 0 Å². The Hall–Kier alpha value is -8.93. The van der Waals surface area contributed by atoms with E-state index < -0.39 is 269 Å². The Balaban J connectivity index is 0.635. The lowest BCUT2D eigenvalue weighted by molar-refractivity contribution is -0.0647. The summed E-state index contributed by atoms with van der Waals surface area (Å²) in [6.45, 7) is -4.99. The number of phosphoric ester groups is 6. The number of phosphoric acid groups is 6. The minimum atomic E-state index is -5.68. The molecule has 5 unspecified atom stereocenters. The van der Waals surface area contributed by atoms with Gasteiger partial charge in [-0.3, -0.25) is 106 Å². The summed E-state index contributed by atoms with van der Waals surface area (Å²) in [6.07, 6.45) is -23.3. The Kier molecular flexibility index (Phi) is 25.6. The molecule has 66 heteroatoms. The molecule has 0 saturated carbocycles. The number of aryl methyl sites for hydroxylation is 1. The summed E-state index contributed by atoms with van der Waals surface area (Å²) in [7, 11) is -33.0. The number of hydrogen-bond acceptors (Lipinski definition) is 44. The Morgan fingerprint density at radius 2 is 0.734 bits per heavy atom. The van der Waals surface area contributed by atoms with Crippen molar-refractivity contribution >= 4 is 110 Å². The molecule has 23 atom stereocenters. The monoisotopic (exact) mass is 1870 g/mol. The van der Waals surface area contributed by atoms with Crippen molar-refractivity contribution in [3.8, 4) is 0 Å². The van der Waals surface area contributed by atoms with Crippen molar-refractivity contribution in [2.45, 2.75) is 156 Å². The average Bonchev–Trinajstić information content (AvgIpc) is 1.63. The van der Waals surface area contributed by atoms with E-state index in [-0.39, 0.29) is 68.9 Å². The molecule has 60 nitrogen and oxygen atoms in total. The van der Waals surface area contributed by atoms with Crippen LogP contribution >= 0.6 is 46.9 Å². The van der Waals surface area contributed by atoms with Crippen LogP contribution in [0.2, 0.25) is 0 Å². The van der Waals surface area contributed by atoms with Crippen molar-refractivity contribution < 1.29 is 145 Å². The van der Waals surface area contributed by atoms with Gasteiger partial charge in [0.05, 0.1) is 64.7 Å². The first-order valence-electron chi connectivity index (χ1n) is 36.4. The molecule has 0 radical (unpaired) electrons. The van der Waals surface area contributed by atoms with Gasteiger partial charge < -0.3 is 96.4 Å². The molecule has 9 aromatic heterocycles. The van der Waals surface area contributed by atoms with E-state index in [1.807, 2.05) is 0 Å². The van der Waals surface area contributed by atoms with Crippen LogP contribution in [0.1, 0.15) is 81.5 Å². The number of ether oxygens (including phenoxy) is 6. The van der Waals surface area contributed by atoms with Crippen molar-refractivity contribution in [1.82, 2.24) is 87.2 Å². The number of hydrogen-bond donors (Lipinski definition) is 16. The van der Waals surface area contributed by atoms with E-state index in [9.17, 15) is 95.5 Å². The fraction of sp³-hybridized carbons (Fsp3) is 0.534. The van der Waals surface area contributed by atoms with Crippen LogP contribution < -0.4 is 62.4 Å². The molecule has 6 aliphatic rings. The number of anilines is 5. The number of aliphatic hydroxyl groups excluding tert-OH is 1. The van der Waals surface area contributed by atoms with E-state index in [0.29, 0.717) is 0 Å². The zero-order chi connectivity index (χ0) is 88.6. The van der Waals surface area contributed by atoms with E-state index >= 15 is 0 Å². The first-order chi connectivity index (χ1) is 58.4. The molecular formula is C58H75N23O37P6. The van der Waals surface area contributed by atoms with E-state index in [0.717, 1.165) is 49.5 Å². The molecule has 6 aliphatic heterocycles. The molecule has 15 rings (SSSR count). The third-order valence-corrected chi connectivity index (χ3v) is 25.4. The van der Waals surface area contributed by atoms with Gasteiger partial charge in [0.25, 0.3) is 16.7 Å². The number of aromatic amines is 3. The van der Waals surface area contributed by atoms with Gasteiger partial charge in [-0.25, -0.2) is 66.7 Å². The lowest BCUT2D eigenvalue weighted by Crippen LogP contribution is -2.33. The van der Waals surface area contributed by atoms with Gasteiger partial charge in [-0.2, -0.15) is 19.9 Å². The van der Waals surface area contributed by atoms with Crippen molar-refractivity contribution in [1.29, 1.82) is 0 Å². The van der Waals surface area contributed by atoms with E-state index in [4.69, 9.17) is 102 Å². The number of rotatable bonds is 34. The van der Waals surface area contributed by atoms with Gasteiger partial charge in [0.15, 0.2) is 33.8 Å². The molecular weight excluding hydrogens is 1800 g/mol. The number of aliphatic hydroxyl groups is 1. The largest absolute Gasteiger partial charge is 0.472 e. The van der Waals surface area contributed by atoms with Gasteiger partial charge in [0.2, 0.25) is 11.9 Å². The van der Waals surface area contributed by atoms with Crippen LogP contribution in [0.3, 0.4) is 0 Å². The molecule has 21 N–H and O–H groups in total. The van der Waals surface area contributed by atoms with Crippen LogP contribution in [0.4, 0.5) is 29.4 Å². The average molecular weight is 1870 g/mol. The second-order valence-corrected chi connectivity index (χ2v) is 36.6. The lowest BCUT2D eigenvalue weighted by Gasteiger charge is -2.26. The van der Waals surface area contributed by atoms with Gasteiger partial charge >= 0.3 is 64.0 Å². The minimum Gasteiger partial charge on any atom is -0.390 e. The normalized spacial score (nSPS) is 29.2. The lowest BCUT2D eigenvalue weighted by atomic mass is 10.2. The summed E-state index contributed by atoms with van der Waals surface area (Å²) in [4.78, 5) is 196. The van der Waals surface area contributed by atoms with Crippen molar-refractivity contribution in [2.75, 3.05) is 68.3 Å². The highest BCUT2D eigenvalue weighted by Crippen LogP contribution is 2.57. The maximum atomic E-state index is 14.5. The molecule has 6 saturated heterocycles. The van der Waals surface area contributed by atoms with Gasteiger partial charge in [-0.1, -0.05) is 0 Å². The highest BCUT2D eigenvalue weighted by Gasteiger charge is 2.52. The van der Waals surface area contributed by atoms with Crippen LogP contribution in [-0.4, -0.2) is 239 Å². The zero-order valence-electron chi connectivity index (χ0n) is 63.3. The number of nitrogens with two attached hydrogens (primary N) is 5. The number of nitrogens with one attached hydrogen (secondary N) is 3. The van der Waals surface area contributed by atoms with Gasteiger partial charge in [0.1, 0.15) is 128 Å². The smallest absolute Gasteiger partial charge is 0.390 e. The predicted molar refractivity (Wildman–Crippen MR) is 405 cm³/mol. The Bertz CT molecular complexity index is 6220. The van der Waals surface area contributed by atoms with Crippen molar-refractivity contribution in [2.24, 2.45) is 0 Å². The van der Waals surface area contributed by atoms with Crippen LogP contribution in [-0.2, 0) is 106 Å². The van der Waals surface area contributed by atoms with Gasteiger partial charge in [-0.05, 0) is 19.1 Å². The van der Waals surface area contributed by atoms with Gasteiger partial charge in [-0.15, -0.1) is 0 Å². The summed E-state index contributed by atoms with van der Waals surface area (Å²) >= 11 is 0. The molecule has 15 heterocycles. The number of aromatic nitrogens is 18. The van der Waals surface area contributed by atoms with Crippen LogP contribution in [0.15, 0.2) is 84.8 Å². The number of imidazole rings is 3. The molecule has 0 aromatic carbocycles. The third kappa shape index (κ3) is 20.5. The summed E-state index contributed by atoms with van der Waals surface area (Å²) < 4.78 is 185. The third-order valence-electron chi connectivity index (χ3n) is 19.9. The molecule has 0 bridgehead atoms. The van der Waals surface area contributed by atoms with E-state index in [2.05, 4.69) is 64.3 Å². The number of nitrogens with zero attached hydrogens (tertiary/aromatic N) is 15. The molecule has 0 aliphatic carbocycles. The molecule has 0 amide bonds. The van der Waals surface area contributed by atoms with Crippen LogP contribution in [0.5, 0.6) is 0 Å². The first kappa shape index (κ1) is 89.9. The molecule has 6 fully saturated rings. The number of H-pyrrole nitrogens is 3. The predicted octanol–water partition coefficient (Wildman–Crippen LogP) is -2.92. The summed E-state index contributed by atoms with van der Waals surface area (Å²) in [6, 6.07) is 2.41. The standard InChI is InChI=1S/C58H75N23O37P6/c1-23-12-78(58(88)75-51(23)83)41-9-27(33(111-41)16-105-124(100,101)118-29-11-43(81-22-68-46-50(81)72-55(63)74-53(46)85)113-35(29)18-107-121(94,95)114-25-7-39(76-4-2-36(59)69-56(76)86)109-31(25)14-102-119(89,90)91)116-122(96,97)106-17-34-28(10-42(112-34)79-20-66-44-47(61)64-19-65-48(44)79)117-123(98,99)104-15-32-26(8-40(110-32)77-5-3-37(60)70-57(77)87)115-120(92,93)103-13-30-24(82)6-38(108-30)80-21-67-45-49(80)71-54(62)73-52(45)84/h2-5,12,19-22,24-35,38-43,82H,6-11,13-18H2,1H3,(H,92,93)(H,94,95)(H,96,97)(H,98,99)(H,100,101)(H2,59,69,86)(H2,60,70,87)(H2,61,64,65)(H,75,83,88)(H2,89,90,91)(H3,62,71,73,84)(H3,63,72,74,85)/t24-,25-,26-,27-,28-,29-,30+,31+,32+,33+,34+,35+,38+,39+,40+,41+,42+,43+/m0/s1. The maximum absolute atomic E-state index is 14.5. The number of nitrogen functional groups attached to an aromatic ring is 5. The molecule has 124 heavy (non-hydrogen) atoms. The number of fused-ring (bicyclic) bond motifs is 3. The van der Waals surface area contributed by atoms with E-state index in [1.54, 1.807) is 0 Å². The second kappa shape index (κ2) is 35.4. The van der Waals surface area contributed by atoms with Gasteiger partial charge in [0, 0.05) is 62.7 Å². The Morgan fingerprint density at radius 1 is 0.403 bits per heavy atom. The molecule has 9 aromatic rings. The summed E-state index contributed by atoms with van der Waals surface area (Å²) in [5.74, 6) is -1.16.